The van der Waals surface area contributed by atoms with Gasteiger partial charge in [0.15, 0.2) is 0 Å². The zero-order valence-electron chi connectivity index (χ0n) is 13.3. The molecule has 0 aliphatic carbocycles. The largest absolute Gasteiger partial charge is 0.506 e. The van der Waals surface area contributed by atoms with E-state index < -0.39 is 11.5 Å². The molecular formula is C17H14Cl2N2O3S2. The summed E-state index contributed by atoms with van der Waals surface area (Å²) in [6.45, 7) is 0.339. The van der Waals surface area contributed by atoms with E-state index in [0.717, 1.165) is 5.56 Å². The van der Waals surface area contributed by atoms with E-state index in [1.165, 1.54) is 11.3 Å². The van der Waals surface area contributed by atoms with Crippen molar-refractivity contribution in [1.29, 1.82) is 0 Å². The molecule has 0 fully saturated rings. The van der Waals surface area contributed by atoms with Crippen LogP contribution in [0.4, 0.5) is 0 Å². The molecule has 0 spiro atoms. The monoisotopic (exact) mass is 428 g/mol. The SMILES string of the molecule is O=C(NCCSCc1c(Cl)cccc1Cl)c1c(O)c2cscc2[nH]c1=O. The third-order valence-corrected chi connectivity index (χ3v) is 6.13. The highest BCUT2D eigenvalue weighted by Gasteiger charge is 2.19. The third-order valence-electron chi connectivity index (χ3n) is 3.70. The van der Waals surface area contributed by atoms with Gasteiger partial charge in [0.2, 0.25) is 0 Å². The van der Waals surface area contributed by atoms with Crippen molar-refractivity contribution in [3.8, 4) is 5.75 Å². The lowest BCUT2D eigenvalue weighted by Gasteiger charge is -2.08. The quantitative estimate of drug-likeness (QED) is 0.512. The number of nitrogens with one attached hydrogen (secondary N) is 2. The fourth-order valence-electron chi connectivity index (χ4n) is 2.38. The normalized spacial score (nSPS) is 11.0. The lowest BCUT2D eigenvalue weighted by Crippen LogP contribution is -2.31. The molecule has 9 heteroatoms. The summed E-state index contributed by atoms with van der Waals surface area (Å²) in [6.07, 6.45) is 0. The number of aromatic hydroxyl groups is 1. The van der Waals surface area contributed by atoms with Gasteiger partial charge in [0.25, 0.3) is 11.5 Å². The second kappa shape index (κ2) is 8.35. The van der Waals surface area contributed by atoms with Crippen LogP contribution < -0.4 is 10.9 Å². The second-order valence-corrected chi connectivity index (χ2v) is 8.05. The first kappa shape index (κ1) is 19.1. The van der Waals surface area contributed by atoms with E-state index in [1.807, 2.05) is 0 Å². The molecule has 3 aromatic rings. The average Bonchev–Trinajstić information content (AvgIpc) is 3.05. The van der Waals surface area contributed by atoms with E-state index in [-0.39, 0.29) is 11.3 Å². The molecule has 0 saturated carbocycles. The number of fused-ring (bicyclic) bond motifs is 1. The lowest BCUT2D eigenvalue weighted by atomic mass is 10.2. The molecule has 0 bridgehead atoms. The van der Waals surface area contributed by atoms with Crippen molar-refractivity contribution in [2.24, 2.45) is 0 Å². The van der Waals surface area contributed by atoms with E-state index in [1.54, 1.807) is 40.7 Å². The van der Waals surface area contributed by atoms with Crippen LogP contribution >= 0.6 is 46.3 Å². The van der Waals surface area contributed by atoms with Crippen molar-refractivity contribution in [3.63, 3.8) is 0 Å². The molecule has 1 amide bonds. The van der Waals surface area contributed by atoms with E-state index in [0.29, 0.717) is 39.0 Å². The summed E-state index contributed by atoms with van der Waals surface area (Å²) in [5.41, 5.74) is 0.488. The van der Waals surface area contributed by atoms with E-state index in [4.69, 9.17) is 23.2 Å². The van der Waals surface area contributed by atoms with Crippen molar-refractivity contribution in [3.05, 3.63) is 60.5 Å². The maximum absolute atomic E-state index is 12.3. The van der Waals surface area contributed by atoms with Gasteiger partial charge in [-0.05, 0) is 17.7 Å². The maximum Gasteiger partial charge on any atom is 0.265 e. The van der Waals surface area contributed by atoms with Crippen molar-refractivity contribution in [1.82, 2.24) is 10.3 Å². The Hall–Kier alpha value is -1.67. The first-order chi connectivity index (χ1) is 12.5. The van der Waals surface area contributed by atoms with Crippen molar-refractivity contribution in [2.45, 2.75) is 5.75 Å². The zero-order valence-corrected chi connectivity index (χ0v) is 16.5. The molecule has 26 heavy (non-hydrogen) atoms. The lowest BCUT2D eigenvalue weighted by molar-refractivity contribution is 0.0952. The summed E-state index contributed by atoms with van der Waals surface area (Å²) in [4.78, 5) is 26.9. The number of thiophene rings is 1. The number of benzene rings is 1. The van der Waals surface area contributed by atoms with Gasteiger partial charge in [0.05, 0.1) is 10.9 Å². The van der Waals surface area contributed by atoms with Gasteiger partial charge in [-0.25, -0.2) is 0 Å². The van der Waals surface area contributed by atoms with Gasteiger partial charge < -0.3 is 15.4 Å². The summed E-state index contributed by atoms with van der Waals surface area (Å²) < 4.78 is 0. The molecule has 0 unspecified atom stereocenters. The number of aromatic nitrogens is 1. The first-order valence-electron chi connectivity index (χ1n) is 7.59. The molecular weight excluding hydrogens is 415 g/mol. The van der Waals surface area contributed by atoms with E-state index in [9.17, 15) is 14.7 Å². The van der Waals surface area contributed by atoms with Gasteiger partial charge in [-0.3, -0.25) is 9.59 Å². The number of carbonyl (C=O) groups excluding carboxylic acids is 1. The minimum atomic E-state index is -0.610. The van der Waals surface area contributed by atoms with Crippen LogP contribution in [0.15, 0.2) is 33.8 Å². The van der Waals surface area contributed by atoms with Crippen LogP contribution in [0, 0.1) is 0 Å². The molecule has 0 radical (unpaired) electrons. The number of thioether (sulfide) groups is 1. The Balaban J connectivity index is 1.57. The number of carbonyl (C=O) groups is 1. The Bertz CT molecular complexity index is 997. The molecule has 0 aliphatic heterocycles. The highest BCUT2D eigenvalue weighted by Crippen LogP contribution is 2.29. The van der Waals surface area contributed by atoms with Crippen LogP contribution in [0.2, 0.25) is 10.0 Å². The topological polar surface area (TPSA) is 82.2 Å². The maximum atomic E-state index is 12.3. The number of pyridine rings is 1. The molecule has 0 atom stereocenters. The number of hydrogen-bond acceptors (Lipinski definition) is 5. The Labute approximate surface area is 167 Å². The van der Waals surface area contributed by atoms with Crippen molar-refractivity contribution >= 4 is 63.1 Å². The molecule has 3 rings (SSSR count). The molecule has 136 valence electrons. The molecule has 3 N–H and O–H groups in total. The summed E-state index contributed by atoms with van der Waals surface area (Å²) in [5, 5.41) is 17.9. The number of rotatable bonds is 6. The smallest absolute Gasteiger partial charge is 0.265 e. The summed E-state index contributed by atoms with van der Waals surface area (Å²) in [5.74, 6) is 0.319. The Morgan fingerprint density at radius 1 is 1.27 bits per heavy atom. The number of H-pyrrole nitrogens is 1. The molecule has 2 heterocycles. The minimum Gasteiger partial charge on any atom is -0.506 e. The second-order valence-electron chi connectivity index (χ2n) is 5.39. The third kappa shape index (κ3) is 4.01. The van der Waals surface area contributed by atoms with Crippen LogP contribution in [0.3, 0.4) is 0 Å². The number of aromatic amines is 1. The predicted octanol–water partition coefficient (Wildman–Crippen LogP) is 4.27. The highest BCUT2D eigenvalue weighted by molar-refractivity contribution is 7.98. The van der Waals surface area contributed by atoms with E-state index in [2.05, 4.69) is 10.3 Å². The van der Waals surface area contributed by atoms with Gasteiger partial charge in [-0.15, -0.1) is 11.3 Å². The Kier molecular flexibility index (Phi) is 6.13. The summed E-state index contributed by atoms with van der Waals surface area (Å²) >= 11 is 15.1. The number of hydrogen-bond donors (Lipinski definition) is 3. The van der Waals surface area contributed by atoms with Crippen LogP contribution in [0.1, 0.15) is 15.9 Å². The van der Waals surface area contributed by atoms with Gasteiger partial charge in [0, 0.05) is 38.9 Å². The minimum absolute atomic E-state index is 0.268. The van der Waals surface area contributed by atoms with Gasteiger partial charge in [-0.1, -0.05) is 29.3 Å². The van der Waals surface area contributed by atoms with Crippen LogP contribution in [-0.4, -0.2) is 28.3 Å². The molecule has 5 nitrogen and oxygen atoms in total. The predicted molar refractivity (Wildman–Crippen MR) is 109 cm³/mol. The highest BCUT2D eigenvalue weighted by atomic mass is 35.5. The molecule has 0 aliphatic rings. The van der Waals surface area contributed by atoms with Crippen LogP contribution in [0.5, 0.6) is 5.75 Å². The molecule has 1 aromatic carbocycles. The van der Waals surface area contributed by atoms with Crippen LogP contribution in [-0.2, 0) is 5.75 Å². The standard InChI is InChI=1S/C17H14Cl2N2O3S2/c18-11-2-1-3-12(19)9(11)6-25-5-4-20-16(23)14-15(22)10-7-26-8-13(10)21-17(14)24/h1-3,7-8,22H,4-6H2,(H,20,23)(H,21,24). The Morgan fingerprint density at radius 3 is 2.73 bits per heavy atom. The van der Waals surface area contributed by atoms with Crippen molar-refractivity contribution in [2.75, 3.05) is 12.3 Å². The summed E-state index contributed by atoms with van der Waals surface area (Å²) in [7, 11) is 0. The van der Waals surface area contributed by atoms with Gasteiger partial charge >= 0.3 is 0 Å². The molecule has 2 aromatic heterocycles. The fourth-order valence-corrected chi connectivity index (χ4v) is 4.74. The van der Waals surface area contributed by atoms with Gasteiger partial charge in [0.1, 0.15) is 11.3 Å². The first-order valence-corrected chi connectivity index (χ1v) is 10.4. The zero-order chi connectivity index (χ0) is 18.7. The Morgan fingerprint density at radius 2 is 2.00 bits per heavy atom. The number of amides is 1. The summed E-state index contributed by atoms with van der Waals surface area (Å²) in [6, 6.07) is 5.34. The van der Waals surface area contributed by atoms with Crippen LogP contribution in [0.25, 0.3) is 10.9 Å². The number of halogens is 2. The van der Waals surface area contributed by atoms with Crippen molar-refractivity contribution < 1.29 is 9.90 Å². The average molecular weight is 429 g/mol. The van der Waals surface area contributed by atoms with Gasteiger partial charge in [-0.2, -0.15) is 11.8 Å². The molecule has 0 saturated heterocycles. The fraction of sp³-hybridized carbons (Fsp3) is 0.176. The van der Waals surface area contributed by atoms with E-state index >= 15 is 0 Å².